The molecule has 0 heterocycles. The number of rotatable bonds is 1. The zero-order valence-electron chi connectivity index (χ0n) is 6.97. The van der Waals surface area contributed by atoms with Crippen LogP contribution in [0.3, 0.4) is 0 Å². The number of hydrogen-bond donors (Lipinski definition) is 2. The van der Waals surface area contributed by atoms with E-state index in [2.05, 4.69) is 0 Å². The smallest absolute Gasteiger partial charge is 0.124 e. The van der Waals surface area contributed by atoms with Crippen molar-refractivity contribution in [3.63, 3.8) is 0 Å². The topological polar surface area (TPSA) is 46.2 Å². The first-order valence-corrected chi connectivity index (χ1v) is 4.20. The van der Waals surface area contributed by atoms with Crippen LogP contribution < -0.4 is 5.73 Å². The van der Waals surface area contributed by atoms with Gasteiger partial charge in [-0.25, -0.2) is 0 Å². The van der Waals surface area contributed by atoms with E-state index < -0.39 is 0 Å². The fourth-order valence-corrected chi connectivity index (χ4v) is 1.49. The van der Waals surface area contributed by atoms with E-state index in [4.69, 9.17) is 28.9 Å². The van der Waals surface area contributed by atoms with E-state index in [0.717, 1.165) is 0 Å². The van der Waals surface area contributed by atoms with Crippen LogP contribution in [0.25, 0.3) is 0 Å². The predicted octanol–water partition coefficient (Wildman–Crippen LogP) is 2.89. The van der Waals surface area contributed by atoms with Crippen LogP contribution in [0.15, 0.2) is 6.07 Å². The Morgan fingerprint density at radius 1 is 1.46 bits per heavy atom. The Labute approximate surface area is 93.1 Å². The molecule has 0 unspecified atom stereocenters. The van der Waals surface area contributed by atoms with Crippen LogP contribution in [0, 0.1) is 6.92 Å². The minimum atomic E-state index is 0. The number of nitrogens with two attached hydrogens (primary N) is 1. The third-order valence-corrected chi connectivity index (χ3v) is 2.51. The van der Waals surface area contributed by atoms with Crippen molar-refractivity contribution in [1.29, 1.82) is 0 Å². The van der Waals surface area contributed by atoms with Crippen molar-refractivity contribution in [3.05, 3.63) is 27.2 Å². The highest BCUT2D eigenvalue weighted by Crippen LogP contribution is 2.34. The summed E-state index contributed by atoms with van der Waals surface area (Å²) in [5.41, 5.74) is 6.57. The Hall–Kier alpha value is -0.150. The van der Waals surface area contributed by atoms with Gasteiger partial charge < -0.3 is 10.8 Å². The van der Waals surface area contributed by atoms with E-state index >= 15 is 0 Å². The molecule has 0 saturated carbocycles. The highest BCUT2D eigenvalue weighted by molar-refractivity contribution is 6.42. The second-order valence-corrected chi connectivity index (χ2v) is 3.31. The molecular weight excluding hydrogens is 232 g/mol. The number of hydrogen-bond acceptors (Lipinski definition) is 2. The summed E-state index contributed by atoms with van der Waals surface area (Å²) in [6, 6.07) is 1.61. The molecule has 0 aliphatic heterocycles. The van der Waals surface area contributed by atoms with Crippen LogP contribution in [0.1, 0.15) is 11.1 Å². The van der Waals surface area contributed by atoms with E-state index in [9.17, 15) is 5.11 Å². The molecule has 0 saturated heterocycles. The van der Waals surface area contributed by atoms with Gasteiger partial charge in [-0.3, -0.25) is 0 Å². The quantitative estimate of drug-likeness (QED) is 0.795. The van der Waals surface area contributed by atoms with Gasteiger partial charge in [-0.15, -0.1) is 12.4 Å². The zero-order chi connectivity index (χ0) is 9.30. The predicted molar refractivity (Wildman–Crippen MR) is 58.0 cm³/mol. The second-order valence-electron chi connectivity index (χ2n) is 2.52. The molecule has 1 aromatic rings. The first-order valence-electron chi connectivity index (χ1n) is 3.44. The number of phenolic OH excluding ortho intramolecular Hbond substituents is 1. The van der Waals surface area contributed by atoms with E-state index in [1.807, 2.05) is 0 Å². The largest absolute Gasteiger partial charge is 0.507 e. The van der Waals surface area contributed by atoms with E-state index in [0.29, 0.717) is 21.2 Å². The lowest BCUT2D eigenvalue weighted by Crippen LogP contribution is -1.99. The Kier molecular flexibility index (Phi) is 4.86. The van der Waals surface area contributed by atoms with Gasteiger partial charge in [0.05, 0.1) is 10.0 Å². The van der Waals surface area contributed by atoms with Gasteiger partial charge in [-0.2, -0.15) is 0 Å². The summed E-state index contributed by atoms with van der Waals surface area (Å²) in [7, 11) is 0. The van der Waals surface area contributed by atoms with E-state index in [1.165, 1.54) is 0 Å². The normalized spacial score (nSPS) is 9.54. The molecular formula is C8H10Cl3NO. The van der Waals surface area contributed by atoms with Crippen molar-refractivity contribution in [2.24, 2.45) is 5.73 Å². The Morgan fingerprint density at radius 3 is 2.46 bits per heavy atom. The van der Waals surface area contributed by atoms with Gasteiger partial charge in [0.1, 0.15) is 5.75 Å². The minimum Gasteiger partial charge on any atom is -0.507 e. The molecule has 3 N–H and O–H groups in total. The molecule has 0 aromatic heterocycles. The summed E-state index contributed by atoms with van der Waals surface area (Å²) >= 11 is 11.6. The molecule has 0 atom stereocenters. The van der Waals surface area contributed by atoms with Crippen LogP contribution in [-0.4, -0.2) is 5.11 Å². The molecule has 0 amide bonds. The Bertz CT molecular complexity index is 288. The third kappa shape index (κ3) is 2.41. The fraction of sp³-hybridized carbons (Fsp3) is 0.250. The zero-order valence-corrected chi connectivity index (χ0v) is 9.30. The van der Waals surface area contributed by atoms with Crippen LogP contribution in [0.2, 0.25) is 10.0 Å². The van der Waals surface area contributed by atoms with Gasteiger partial charge in [0.15, 0.2) is 0 Å². The first-order chi connectivity index (χ1) is 5.57. The lowest BCUT2D eigenvalue weighted by molar-refractivity contribution is 0.464. The third-order valence-electron chi connectivity index (χ3n) is 1.68. The standard InChI is InChI=1S/C8H9Cl2NO.ClH/c1-4-2-6(9)7(10)5(3-11)8(4)12;/h2,12H,3,11H2,1H3;1H. The van der Waals surface area contributed by atoms with Crippen molar-refractivity contribution < 1.29 is 5.11 Å². The van der Waals surface area contributed by atoms with Gasteiger partial charge >= 0.3 is 0 Å². The first kappa shape index (κ1) is 12.8. The van der Waals surface area contributed by atoms with E-state index in [1.54, 1.807) is 13.0 Å². The van der Waals surface area contributed by atoms with Crippen molar-refractivity contribution in [3.8, 4) is 5.75 Å². The minimum absolute atomic E-state index is 0. The molecule has 0 fully saturated rings. The average Bonchev–Trinajstić information content (AvgIpc) is 2.02. The average molecular weight is 243 g/mol. The number of benzene rings is 1. The van der Waals surface area contributed by atoms with E-state index in [-0.39, 0.29) is 24.7 Å². The van der Waals surface area contributed by atoms with Crippen LogP contribution in [-0.2, 0) is 6.54 Å². The van der Waals surface area contributed by atoms with Crippen molar-refractivity contribution in [2.75, 3.05) is 0 Å². The number of halogens is 3. The molecule has 1 aromatic carbocycles. The van der Waals surface area contributed by atoms with Crippen LogP contribution in [0.5, 0.6) is 5.75 Å². The van der Waals surface area contributed by atoms with Gasteiger partial charge in [0, 0.05) is 12.1 Å². The summed E-state index contributed by atoms with van der Waals surface area (Å²) in [4.78, 5) is 0. The number of phenols is 1. The molecule has 74 valence electrons. The lowest BCUT2D eigenvalue weighted by atomic mass is 10.1. The Balaban J connectivity index is 0.00000144. The molecule has 0 bridgehead atoms. The van der Waals surface area contributed by atoms with Crippen molar-refractivity contribution in [2.45, 2.75) is 13.5 Å². The maximum absolute atomic E-state index is 9.48. The highest BCUT2D eigenvalue weighted by Gasteiger charge is 2.11. The molecule has 0 radical (unpaired) electrons. The SMILES string of the molecule is Cc1cc(Cl)c(Cl)c(CN)c1O.Cl. The molecule has 0 aliphatic rings. The van der Waals surface area contributed by atoms with Crippen molar-refractivity contribution >= 4 is 35.6 Å². The number of aromatic hydroxyl groups is 1. The summed E-state index contributed by atoms with van der Waals surface area (Å²) in [6.45, 7) is 1.93. The Morgan fingerprint density at radius 2 is 2.00 bits per heavy atom. The molecule has 0 spiro atoms. The maximum atomic E-state index is 9.48. The summed E-state index contributed by atoms with van der Waals surface area (Å²) in [5, 5.41) is 10.2. The molecule has 1 rings (SSSR count). The van der Waals surface area contributed by atoms with Crippen LogP contribution in [0.4, 0.5) is 0 Å². The molecule has 2 nitrogen and oxygen atoms in total. The highest BCUT2D eigenvalue weighted by atomic mass is 35.5. The van der Waals surface area contributed by atoms with Crippen molar-refractivity contribution in [1.82, 2.24) is 0 Å². The second kappa shape index (κ2) is 4.91. The summed E-state index contributed by atoms with van der Waals surface area (Å²) < 4.78 is 0. The van der Waals surface area contributed by atoms with Gasteiger partial charge in [0.2, 0.25) is 0 Å². The molecule has 0 aliphatic carbocycles. The summed E-state index contributed by atoms with van der Waals surface area (Å²) in [5.74, 6) is 0.131. The number of aryl methyl sites for hydroxylation is 1. The van der Waals surface area contributed by atoms with Gasteiger partial charge in [-0.1, -0.05) is 23.2 Å². The molecule has 5 heteroatoms. The fourth-order valence-electron chi connectivity index (χ4n) is 0.994. The lowest BCUT2D eigenvalue weighted by Gasteiger charge is -2.08. The van der Waals surface area contributed by atoms with Crippen LogP contribution >= 0.6 is 35.6 Å². The monoisotopic (exact) mass is 241 g/mol. The summed E-state index contributed by atoms with van der Waals surface area (Å²) in [6.07, 6.45) is 0. The maximum Gasteiger partial charge on any atom is 0.124 e. The van der Waals surface area contributed by atoms with Gasteiger partial charge in [-0.05, 0) is 18.6 Å². The van der Waals surface area contributed by atoms with Gasteiger partial charge in [0.25, 0.3) is 0 Å². The molecule has 13 heavy (non-hydrogen) atoms.